The lowest BCUT2D eigenvalue weighted by atomic mass is 10.0. The Balaban J connectivity index is 3.04. The molecule has 2 amide bonds. The van der Waals surface area contributed by atoms with Crippen molar-refractivity contribution in [1.82, 2.24) is 10.2 Å². The van der Waals surface area contributed by atoms with Crippen molar-refractivity contribution in [2.75, 3.05) is 19.7 Å². The fraction of sp³-hybridized carbons (Fsp3) is 0.500. The molecule has 1 rings (SSSR count). The molecule has 1 unspecified atom stereocenters. The van der Waals surface area contributed by atoms with Gasteiger partial charge in [0.15, 0.2) is 0 Å². The number of aliphatic carboxylic acids is 1. The summed E-state index contributed by atoms with van der Waals surface area (Å²) in [6.07, 6.45) is 0.621. The van der Waals surface area contributed by atoms with Gasteiger partial charge in [-0.25, -0.2) is 0 Å². The zero-order valence-electron chi connectivity index (χ0n) is 14.9. The van der Waals surface area contributed by atoms with E-state index in [0.717, 1.165) is 0 Å². The summed E-state index contributed by atoms with van der Waals surface area (Å²) in [5.41, 5.74) is 0.694. The largest absolute Gasteiger partial charge is 0.494 e. The molecular weight excluding hydrogens is 324 g/mol. The summed E-state index contributed by atoms with van der Waals surface area (Å²) in [6, 6.07) is 6.60. The molecule has 1 atom stereocenters. The monoisotopic (exact) mass is 350 g/mol. The highest BCUT2D eigenvalue weighted by Gasteiger charge is 2.24. The molecule has 0 saturated carbocycles. The standard InChI is InChI=1S/C18H26N2O5/c1-4-10-20(12-18(23)24)17(22)11-15(19-13(3)21)14-8-6-7-9-16(14)25-5-2/h6-9,15H,4-5,10-12H2,1-3H3,(H,19,21)(H,23,24). The number of carboxylic acid groups (broad SMARTS) is 1. The third kappa shape index (κ3) is 6.82. The summed E-state index contributed by atoms with van der Waals surface area (Å²) in [6.45, 7) is 5.56. The third-order valence-electron chi connectivity index (χ3n) is 3.52. The Morgan fingerprint density at radius 2 is 1.92 bits per heavy atom. The van der Waals surface area contributed by atoms with Gasteiger partial charge < -0.3 is 20.1 Å². The topological polar surface area (TPSA) is 95.9 Å². The van der Waals surface area contributed by atoms with Gasteiger partial charge in [-0.05, 0) is 19.4 Å². The predicted octanol–water partition coefficient (Wildman–Crippen LogP) is 1.98. The molecule has 25 heavy (non-hydrogen) atoms. The Kier molecular flexibility index (Phi) is 8.46. The van der Waals surface area contributed by atoms with E-state index in [-0.39, 0.29) is 24.8 Å². The fourth-order valence-electron chi connectivity index (χ4n) is 2.57. The van der Waals surface area contributed by atoms with E-state index >= 15 is 0 Å². The van der Waals surface area contributed by atoms with Crippen molar-refractivity contribution >= 4 is 17.8 Å². The van der Waals surface area contributed by atoms with Crippen LogP contribution in [0.15, 0.2) is 24.3 Å². The predicted molar refractivity (Wildman–Crippen MR) is 93.3 cm³/mol. The van der Waals surface area contributed by atoms with Crippen LogP contribution in [0.3, 0.4) is 0 Å². The number of carboxylic acids is 1. The van der Waals surface area contributed by atoms with Gasteiger partial charge in [-0.15, -0.1) is 0 Å². The van der Waals surface area contributed by atoms with Gasteiger partial charge in [-0.2, -0.15) is 0 Å². The molecule has 0 aromatic heterocycles. The lowest BCUT2D eigenvalue weighted by Gasteiger charge is -2.25. The summed E-state index contributed by atoms with van der Waals surface area (Å²) in [5, 5.41) is 11.7. The minimum Gasteiger partial charge on any atom is -0.494 e. The highest BCUT2D eigenvalue weighted by molar-refractivity contribution is 5.83. The van der Waals surface area contributed by atoms with Crippen molar-refractivity contribution in [1.29, 1.82) is 0 Å². The molecular formula is C18H26N2O5. The van der Waals surface area contributed by atoms with Crippen LogP contribution in [0, 0.1) is 0 Å². The Hall–Kier alpha value is -2.57. The van der Waals surface area contributed by atoms with Crippen molar-refractivity contribution in [3.63, 3.8) is 0 Å². The maximum Gasteiger partial charge on any atom is 0.323 e. The second kappa shape index (κ2) is 10.3. The molecule has 2 N–H and O–H groups in total. The average Bonchev–Trinajstić information content (AvgIpc) is 2.54. The zero-order chi connectivity index (χ0) is 18.8. The van der Waals surface area contributed by atoms with Crippen molar-refractivity contribution in [2.24, 2.45) is 0 Å². The number of nitrogens with one attached hydrogen (secondary N) is 1. The van der Waals surface area contributed by atoms with Gasteiger partial charge in [0.05, 0.1) is 19.1 Å². The van der Waals surface area contributed by atoms with Crippen molar-refractivity contribution < 1.29 is 24.2 Å². The first-order valence-corrected chi connectivity index (χ1v) is 8.37. The first kappa shape index (κ1) is 20.5. The molecule has 0 aliphatic rings. The highest BCUT2D eigenvalue weighted by Crippen LogP contribution is 2.28. The van der Waals surface area contributed by atoms with Crippen LogP contribution < -0.4 is 10.1 Å². The SMILES string of the molecule is CCCN(CC(=O)O)C(=O)CC(NC(C)=O)c1ccccc1OCC. The van der Waals surface area contributed by atoms with Gasteiger partial charge >= 0.3 is 5.97 Å². The fourth-order valence-corrected chi connectivity index (χ4v) is 2.57. The van der Waals surface area contributed by atoms with Crippen LogP contribution in [0.4, 0.5) is 0 Å². The van der Waals surface area contributed by atoms with Gasteiger partial charge in [-0.1, -0.05) is 25.1 Å². The van der Waals surface area contributed by atoms with Gasteiger partial charge in [0.1, 0.15) is 12.3 Å². The zero-order valence-corrected chi connectivity index (χ0v) is 14.9. The number of nitrogens with zero attached hydrogens (tertiary/aromatic N) is 1. The van der Waals surface area contributed by atoms with Gasteiger partial charge in [0.25, 0.3) is 0 Å². The van der Waals surface area contributed by atoms with Gasteiger partial charge in [0, 0.05) is 19.0 Å². The summed E-state index contributed by atoms with van der Waals surface area (Å²) in [4.78, 5) is 36.4. The normalized spacial score (nSPS) is 11.5. The lowest BCUT2D eigenvalue weighted by molar-refractivity contribution is -0.144. The van der Waals surface area contributed by atoms with Crippen molar-refractivity contribution in [3.8, 4) is 5.75 Å². The maximum absolute atomic E-state index is 12.6. The lowest BCUT2D eigenvalue weighted by Crippen LogP contribution is -2.39. The van der Waals surface area contributed by atoms with E-state index in [2.05, 4.69) is 5.32 Å². The molecule has 0 aliphatic carbocycles. The van der Waals surface area contributed by atoms with Gasteiger partial charge in [-0.3, -0.25) is 14.4 Å². The minimum absolute atomic E-state index is 0.0308. The molecule has 7 heteroatoms. The molecule has 0 heterocycles. The van der Waals surface area contributed by atoms with Crippen molar-refractivity contribution in [2.45, 2.75) is 39.7 Å². The van der Waals surface area contributed by atoms with Crippen LogP contribution in [0.2, 0.25) is 0 Å². The molecule has 1 aromatic carbocycles. The number of ether oxygens (including phenoxy) is 1. The second-order valence-electron chi connectivity index (χ2n) is 5.64. The van der Waals surface area contributed by atoms with E-state index in [1.807, 2.05) is 19.9 Å². The van der Waals surface area contributed by atoms with E-state index < -0.39 is 12.0 Å². The minimum atomic E-state index is -1.06. The van der Waals surface area contributed by atoms with E-state index in [4.69, 9.17) is 9.84 Å². The number of rotatable bonds is 10. The number of amides is 2. The van der Waals surface area contributed by atoms with Crippen LogP contribution in [0.5, 0.6) is 5.75 Å². The van der Waals surface area contributed by atoms with Crippen LogP contribution in [0.1, 0.15) is 45.2 Å². The van der Waals surface area contributed by atoms with Crippen LogP contribution in [-0.4, -0.2) is 47.5 Å². The number of hydrogen-bond donors (Lipinski definition) is 2. The van der Waals surface area contributed by atoms with E-state index in [1.165, 1.54) is 11.8 Å². The summed E-state index contributed by atoms with van der Waals surface area (Å²) >= 11 is 0. The molecule has 0 saturated heterocycles. The summed E-state index contributed by atoms with van der Waals surface area (Å²) in [7, 11) is 0. The molecule has 0 aliphatic heterocycles. The van der Waals surface area contributed by atoms with E-state index in [1.54, 1.807) is 18.2 Å². The number of carbonyl (C=O) groups excluding carboxylic acids is 2. The smallest absolute Gasteiger partial charge is 0.323 e. The summed E-state index contributed by atoms with van der Waals surface area (Å²) < 4.78 is 5.58. The Labute approximate surface area is 148 Å². The molecule has 0 spiro atoms. The Morgan fingerprint density at radius 3 is 2.48 bits per heavy atom. The molecule has 7 nitrogen and oxygen atoms in total. The molecule has 138 valence electrons. The number of carbonyl (C=O) groups is 3. The molecule has 0 radical (unpaired) electrons. The van der Waals surface area contributed by atoms with Crippen LogP contribution >= 0.6 is 0 Å². The molecule has 1 aromatic rings. The second-order valence-corrected chi connectivity index (χ2v) is 5.64. The maximum atomic E-state index is 12.6. The Bertz CT molecular complexity index is 603. The average molecular weight is 350 g/mol. The third-order valence-corrected chi connectivity index (χ3v) is 3.52. The van der Waals surface area contributed by atoms with E-state index in [9.17, 15) is 14.4 Å². The van der Waals surface area contributed by atoms with E-state index in [0.29, 0.717) is 30.9 Å². The highest BCUT2D eigenvalue weighted by atomic mass is 16.5. The van der Waals surface area contributed by atoms with Crippen LogP contribution in [-0.2, 0) is 14.4 Å². The van der Waals surface area contributed by atoms with Crippen molar-refractivity contribution in [3.05, 3.63) is 29.8 Å². The number of hydrogen-bond acceptors (Lipinski definition) is 4. The summed E-state index contributed by atoms with van der Waals surface area (Å²) in [5.74, 6) is -1.07. The molecule has 0 fully saturated rings. The number of para-hydroxylation sites is 1. The number of benzene rings is 1. The van der Waals surface area contributed by atoms with Gasteiger partial charge in [0.2, 0.25) is 11.8 Å². The first-order chi connectivity index (χ1) is 11.9. The quantitative estimate of drug-likeness (QED) is 0.673. The molecule has 0 bridgehead atoms. The first-order valence-electron chi connectivity index (χ1n) is 8.37. The van der Waals surface area contributed by atoms with Crippen LogP contribution in [0.25, 0.3) is 0 Å². The Morgan fingerprint density at radius 1 is 1.24 bits per heavy atom.